The molecule has 1 aromatic carbocycles. The zero-order valence-corrected chi connectivity index (χ0v) is 8.24. The largest absolute Gasteiger partial charge is 0.491 e. The van der Waals surface area contributed by atoms with E-state index in [4.69, 9.17) is 9.84 Å². The van der Waals surface area contributed by atoms with Gasteiger partial charge in [-0.05, 0) is 32.9 Å². The quantitative estimate of drug-likeness (QED) is 0.773. The fourth-order valence-corrected chi connectivity index (χ4v) is 1.13. The van der Waals surface area contributed by atoms with E-state index in [-0.39, 0.29) is 6.10 Å². The van der Waals surface area contributed by atoms with E-state index in [0.29, 0.717) is 0 Å². The number of rotatable bonds is 3. The van der Waals surface area contributed by atoms with Gasteiger partial charge in [-0.1, -0.05) is 11.6 Å². The van der Waals surface area contributed by atoms with Crippen molar-refractivity contribution in [2.45, 2.75) is 26.9 Å². The van der Waals surface area contributed by atoms with Crippen LogP contribution >= 0.6 is 0 Å². The molecule has 1 rings (SSSR count). The highest BCUT2D eigenvalue weighted by atomic mass is 16.5. The summed E-state index contributed by atoms with van der Waals surface area (Å²) in [5.74, 6) is 0.725. The van der Waals surface area contributed by atoms with E-state index in [9.17, 15) is 0 Å². The maximum atomic E-state index is 8.95. The molecular weight excluding hydrogens is 164 g/mol. The molecule has 0 aliphatic carbocycles. The molecule has 0 saturated heterocycles. The van der Waals surface area contributed by atoms with Crippen LogP contribution in [0.25, 0.3) is 0 Å². The minimum Gasteiger partial charge on any atom is -0.491 e. The second kappa shape index (κ2) is 4.28. The molecule has 0 fully saturated rings. The van der Waals surface area contributed by atoms with E-state index in [0.717, 1.165) is 23.5 Å². The molecule has 0 spiro atoms. The summed E-state index contributed by atoms with van der Waals surface area (Å²) >= 11 is 0. The Hall–Kier alpha value is -1.02. The first-order chi connectivity index (χ1) is 6.13. The van der Waals surface area contributed by atoms with Crippen molar-refractivity contribution >= 4 is 0 Å². The van der Waals surface area contributed by atoms with E-state index < -0.39 is 0 Å². The maximum absolute atomic E-state index is 8.95. The molecule has 0 atom stereocenters. The molecule has 0 aliphatic rings. The van der Waals surface area contributed by atoms with E-state index in [1.54, 1.807) is 0 Å². The molecule has 0 bridgehead atoms. The Morgan fingerprint density at radius 2 is 2.08 bits per heavy atom. The average Bonchev–Trinajstić information content (AvgIpc) is 2.07. The second-order valence-corrected chi connectivity index (χ2v) is 3.34. The Morgan fingerprint density at radius 3 is 2.62 bits per heavy atom. The molecule has 0 heterocycles. The van der Waals surface area contributed by atoms with E-state index in [1.807, 2.05) is 39.0 Å². The number of hydrogen-bond acceptors (Lipinski definition) is 2. The third-order valence-corrected chi connectivity index (χ3v) is 1.67. The summed E-state index contributed by atoms with van der Waals surface area (Å²) in [5, 5.41) is 8.95. The minimum atomic E-state index is 0.126. The third kappa shape index (κ3) is 2.74. The van der Waals surface area contributed by atoms with Gasteiger partial charge in [0.05, 0.1) is 6.10 Å². The van der Waals surface area contributed by atoms with Crippen molar-refractivity contribution in [2.75, 3.05) is 0 Å². The van der Waals surface area contributed by atoms with Gasteiger partial charge < -0.3 is 9.84 Å². The fraction of sp³-hybridized carbons (Fsp3) is 0.364. The topological polar surface area (TPSA) is 29.5 Å². The lowest BCUT2D eigenvalue weighted by molar-refractivity contribution is 0.238. The summed E-state index contributed by atoms with van der Waals surface area (Å²) in [5.41, 5.74) is 1.84. The van der Waals surface area contributed by atoms with Crippen LogP contribution in [0.2, 0.25) is 0 Å². The van der Waals surface area contributed by atoms with Gasteiger partial charge in [-0.3, -0.25) is 0 Å². The molecular formula is C11H15O2. The minimum absolute atomic E-state index is 0.126. The van der Waals surface area contributed by atoms with Crippen molar-refractivity contribution in [3.8, 4) is 5.75 Å². The fourth-order valence-electron chi connectivity index (χ4n) is 1.13. The molecule has 1 N–H and O–H groups in total. The predicted octanol–water partition coefficient (Wildman–Crippen LogP) is 2.66. The summed E-state index contributed by atoms with van der Waals surface area (Å²) in [6.45, 7) is 6.97. The first-order valence-corrected chi connectivity index (χ1v) is 4.38. The Bertz CT molecular complexity index is 279. The van der Waals surface area contributed by atoms with Gasteiger partial charge in [0.2, 0.25) is 0 Å². The molecule has 2 nitrogen and oxygen atoms in total. The molecule has 0 amide bonds. The van der Waals surface area contributed by atoms with Gasteiger partial charge >= 0.3 is 0 Å². The van der Waals surface area contributed by atoms with Crippen LogP contribution in [0.4, 0.5) is 0 Å². The lowest BCUT2D eigenvalue weighted by Crippen LogP contribution is -2.07. The Kier molecular flexibility index (Phi) is 3.32. The summed E-state index contributed by atoms with van der Waals surface area (Å²) in [6, 6.07) is 5.72. The normalized spacial score (nSPS) is 10.5. The summed E-state index contributed by atoms with van der Waals surface area (Å²) in [4.78, 5) is 0. The zero-order chi connectivity index (χ0) is 9.84. The van der Waals surface area contributed by atoms with Crippen LogP contribution in [-0.4, -0.2) is 11.2 Å². The van der Waals surface area contributed by atoms with Gasteiger partial charge in [0.1, 0.15) is 12.4 Å². The summed E-state index contributed by atoms with van der Waals surface area (Å²) < 4.78 is 5.50. The van der Waals surface area contributed by atoms with Gasteiger partial charge in [-0.15, -0.1) is 0 Å². The van der Waals surface area contributed by atoms with Crippen LogP contribution in [0.1, 0.15) is 25.0 Å². The van der Waals surface area contributed by atoms with Crippen LogP contribution in [-0.2, 0) is 0 Å². The molecule has 1 radical (unpaired) electrons. The highest BCUT2D eigenvalue weighted by Crippen LogP contribution is 2.21. The second-order valence-electron chi connectivity index (χ2n) is 3.34. The van der Waals surface area contributed by atoms with Crippen LogP contribution in [0.15, 0.2) is 18.2 Å². The zero-order valence-electron chi connectivity index (χ0n) is 8.24. The average molecular weight is 179 g/mol. The number of aliphatic hydroxyl groups excluding tert-OH is 1. The monoisotopic (exact) mass is 179 g/mol. The highest BCUT2D eigenvalue weighted by molar-refractivity contribution is 5.40. The standard InChI is InChI=1S/C11H15O2/c1-8(2)13-11-5-4-9(3)6-10(11)7-12/h4-8,12H,1-3H3. The number of ether oxygens (including phenoxy) is 1. The SMILES string of the molecule is Cc1ccc(OC(C)C)c([CH]O)c1. The Labute approximate surface area is 79.2 Å². The van der Waals surface area contributed by atoms with Gasteiger partial charge in [0, 0.05) is 5.56 Å². The van der Waals surface area contributed by atoms with Gasteiger partial charge in [-0.25, -0.2) is 0 Å². The lowest BCUT2D eigenvalue weighted by Gasteiger charge is -2.13. The van der Waals surface area contributed by atoms with Crippen molar-refractivity contribution in [3.63, 3.8) is 0 Å². The summed E-state index contributed by atoms with van der Waals surface area (Å²) in [7, 11) is 0. The van der Waals surface area contributed by atoms with E-state index >= 15 is 0 Å². The van der Waals surface area contributed by atoms with Crippen LogP contribution in [0, 0.1) is 13.5 Å². The third-order valence-electron chi connectivity index (χ3n) is 1.67. The van der Waals surface area contributed by atoms with Gasteiger partial charge in [0.15, 0.2) is 0 Å². The highest BCUT2D eigenvalue weighted by Gasteiger charge is 2.04. The first-order valence-electron chi connectivity index (χ1n) is 4.38. The Morgan fingerprint density at radius 1 is 1.38 bits per heavy atom. The molecule has 0 aliphatic heterocycles. The van der Waals surface area contributed by atoms with Crippen molar-refractivity contribution in [1.82, 2.24) is 0 Å². The first kappa shape index (κ1) is 10.1. The smallest absolute Gasteiger partial charge is 0.125 e. The van der Waals surface area contributed by atoms with Crippen molar-refractivity contribution in [1.29, 1.82) is 0 Å². The van der Waals surface area contributed by atoms with Gasteiger partial charge in [-0.2, -0.15) is 0 Å². The van der Waals surface area contributed by atoms with Crippen molar-refractivity contribution < 1.29 is 9.84 Å². The van der Waals surface area contributed by atoms with Crippen LogP contribution < -0.4 is 4.74 Å². The molecule has 71 valence electrons. The van der Waals surface area contributed by atoms with Gasteiger partial charge in [0.25, 0.3) is 0 Å². The number of aliphatic hydroxyl groups is 1. The van der Waals surface area contributed by atoms with Crippen molar-refractivity contribution in [2.24, 2.45) is 0 Å². The Balaban J connectivity index is 2.92. The van der Waals surface area contributed by atoms with Crippen LogP contribution in [0.3, 0.4) is 0 Å². The number of hydrogen-bond donors (Lipinski definition) is 1. The molecule has 0 saturated carbocycles. The number of aryl methyl sites for hydroxylation is 1. The maximum Gasteiger partial charge on any atom is 0.125 e. The molecule has 0 unspecified atom stereocenters. The molecule has 0 aromatic heterocycles. The van der Waals surface area contributed by atoms with Crippen LogP contribution in [0.5, 0.6) is 5.75 Å². The summed E-state index contributed by atoms with van der Waals surface area (Å²) in [6.07, 6.45) is 0.126. The predicted molar refractivity (Wildman–Crippen MR) is 52.3 cm³/mol. The van der Waals surface area contributed by atoms with E-state index in [1.165, 1.54) is 0 Å². The number of benzene rings is 1. The molecule has 13 heavy (non-hydrogen) atoms. The molecule has 2 heteroatoms. The van der Waals surface area contributed by atoms with Crippen molar-refractivity contribution in [3.05, 3.63) is 35.9 Å². The lowest BCUT2D eigenvalue weighted by atomic mass is 10.1. The molecule has 1 aromatic rings. The van der Waals surface area contributed by atoms with E-state index in [2.05, 4.69) is 0 Å².